The Bertz CT molecular complexity index is 339. The summed E-state index contributed by atoms with van der Waals surface area (Å²) in [6.45, 7) is 14.1. The fraction of sp³-hybridized carbons (Fsp3) is 1.00. The van der Waals surface area contributed by atoms with Gasteiger partial charge in [0.1, 0.15) is 6.10 Å². The largest absolute Gasteiger partial charge is 0.376 e. The van der Waals surface area contributed by atoms with Gasteiger partial charge in [0.05, 0.1) is 93.2 Å². The summed E-state index contributed by atoms with van der Waals surface area (Å²) in [6, 6.07) is 0. The summed E-state index contributed by atoms with van der Waals surface area (Å²) in [5.74, 6) is 0. The van der Waals surface area contributed by atoms with Crippen LogP contribution in [0.4, 0.5) is 0 Å². The predicted octanol–water partition coefficient (Wildman–Crippen LogP) is 0.0779. The molecule has 0 aromatic carbocycles. The van der Waals surface area contributed by atoms with Crippen LogP contribution in [0.5, 0.6) is 0 Å². The molecule has 0 saturated heterocycles. The molecule has 0 heterocycles. The smallest absolute Gasteiger partial charge is 0.104 e. The average Bonchev–Trinajstić information content (AvgIpc) is 2.83. The van der Waals surface area contributed by atoms with Gasteiger partial charge in [0.15, 0.2) is 0 Å². The lowest BCUT2D eigenvalue weighted by Gasteiger charge is -2.18. The van der Waals surface area contributed by atoms with Crippen molar-refractivity contribution in [3.63, 3.8) is 0 Å². The lowest BCUT2D eigenvalue weighted by molar-refractivity contribution is -0.0859. The van der Waals surface area contributed by atoms with Crippen LogP contribution in [0.15, 0.2) is 0 Å². The van der Waals surface area contributed by atoms with Crippen molar-refractivity contribution < 1.29 is 42.6 Å². The molecule has 33 heavy (non-hydrogen) atoms. The molecule has 0 rings (SSSR count). The maximum Gasteiger partial charge on any atom is 0.104 e. The molecule has 0 unspecified atom stereocenters. The van der Waals surface area contributed by atoms with Crippen molar-refractivity contribution in [1.82, 2.24) is 16.0 Å². The van der Waals surface area contributed by atoms with Gasteiger partial charge in [0.2, 0.25) is 0 Å². The Kier molecular flexibility index (Phi) is 29.1. The molecule has 0 aliphatic rings. The van der Waals surface area contributed by atoms with Gasteiger partial charge in [0.25, 0.3) is 0 Å². The minimum atomic E-state index is -0.211. The molecule has 0 fully saturated rings. The van der Waals surface area contributed by atoms with Gasteiger partial charge in [-0.25, -0.2) is 0 Å². The van der Waals surface area contributed by atoms with Crippen LogP contribution in [0.2, 0.25) is 0 Å². The number of rotatable bonds is 29. The zero-order valence-corrected chi connectivity index (χ0v) is 20.8. The van der Waals surface area contributed by atoms with Crippen molar-refractivity contribution in [2.75, 3.05) is 113 Å². The fourth-order valence-electron chi connectivity index (χ4n) is 2.16. The van der Waals surface area contributed by atoms with Crippen molar-refractivity contribution >= 4 is 0 Å². The van der Waals surface area contributed by atoms with E-state index in [1.165, 1.54) is 0 Å². The molecule has 0 saturated carbocycles. The van der Waals surface area contributed by atoms with Gasteiger partial charge in [-0.05, 0) is 20.8 Å². The first kappa shape index (κ1) is 32.5. The molecule has 200 valence electrons. The fourth-order valence-corrected chi connectivity index (χ4v) is 2.16. The summed E-state index contributed by atoms with van der Waals surface area (Å²) in [4.78, 5) is 0. The van der Waals surface area contributed by atoms with E-state index in [9.17, 15) is 0 Å². The average molecular weight is 486 g/mol. The molecule has 3 N–H and O–H groups in total. The van der Waals surface area contributed by atoms with Gasteiger partial charge in [-0.3, -0.25) is 16.0 Å². The highest BCUT2D eigenvalue weighted by Gasteiger charge is 2.10. The van der Waals surface area contributed by atoms with Gasteiger partial charge in [-0.15, -0.1) is 0 Å². The monoisotopic (exact) mass is 485 g/mol. The second kappa shape index (κ2) is 29.6. The molecule has 0 aliphatic carbocycles. The normalized spacial score (nSPS) is 11.6. The molecule has 0 spiro atoms. The molecular formula is C21H47N3O9. The zero-order valence-electron chi connectivity index (χ0n) is 20.8. The van der Waals surface area contributed by atoms with E-state index in [0.717, 1.165) is 0 Å². The Balaban J connectivity index is 3.84. The molecule has 0 aromatic heterocycles. The third-order valence-corrected chi connectivity index (χ3v) is 3.77. The highest BCUT2D eigenvalue weighted by atomic mass is 16.6. The topological polar surface area (TPSA) is 119 Å². The molecule has 0 radical (unpaired) electrons. The van der Waals surface area contributed by atoms with E-state index in [2.05, 4.69) is 16.0 Å². The Morgan fingerprint density at radius 3 is 1.15 bits per heavy atom. The Labute approximate surface area is 199 Å². The van der Waals surface area contributed by atoms with E-state index >= 15 is 0 Å². The Hall–Kier alpha value is -0.480. The van der Waals surface area contributed by atoms with Crippen LogP contribution in [-0.2, 0) is 42.6 Å². The summed E-state index contributed by atoms with van der Waals surface area (Å²) in [5.41, 5.74) is 0. The van der Waals surface area contributed by atoms with Crippen LogP contribution in [0.1, 0.15) is 20.8 Å². The number of hydrogen-bond donors (Lipinski definition) is 3. The van der Waals surface area contributed by atoms with Crippen molar-refractivity contribution in [1.29, 1.82) is 0 Å². The first-order valence-corrected chi connectivity index (χ1v) is 11.7. The summed E-state index contributed by atoms with van der Waals surface area (Å²) in [7, 11) is 0. The SMILES string of the molecule is CCOCNCOCCOCC(COCCOCNCOCC)OCCOCNCOCC. The quantitative estimate of drug-likeness (QED) is 0.0983. The van der Waals surface area contributed by atoms with E-state index in [0.29, 0.717) is 113 Å². The maximum absolute atomic E-state index is 5.84. The predicted molar refractivity (Wildman–Crippen MR) is 123 cm³/mol. The van der Waals surface area contributed by atoms with Crippen LogP contribution in [0.3, 0.4) is 0 Å². The van der Waals surface area contributed by atoms with E-state index < -0.39 is 0 Å². The second-order valence-electron chi connectivity index (χ2n) is 6.46. The van der Waals surface area contributed by atoms with Gasteiger partial charge < -0.3 is 42.6 Å². The Morgan fingerprint density at radius 2 is 0.758 bits per heavy atom. The van der Waals surface area contributed by atoms with Gasteiger partial charge in [0, 0.05) is 19.8 Å². The summed E-state index contributed by atoms with van der Waals surface area (Å²) >= 11 is 0. The summed E-state index contributed by atoms with van der Waals surface area (Å²) in [5, 5.41) is 9.02. The van der Waals surface area contributed by atoms with Crippen molar-refractivity contribution in [2.45, 2.75) is 26.9 Å². The molecule has 0 atom stereocenters. The molecular weight excluding hydrogens is 438 g/mol. The molecule has 0 bridgehead atoms. The van der Waals surface area contributed by atoms with Crippen molar-refractivity contribution in [3.8, 4) is 0 Å². The summed E-state index contributed by atoms with van der Waals surface area (Å²) in [6.07, 6.45) is -0.211. The van der Waals surface area contributed by atoms with E-state index in [-0.39, 0.29) is 6.10 Å². The standard InChI is InChI=1S/C21H47N3O9/c1-4-25-15-22-18-30-9-7-28-13-21(33-12-11-32-20-24-17-27-6-3)14-29-8-10-31-19-23-16-26-5-2/h21-24H,4-20H2,1-3H3. The number of ether oxygens (including phenoxy) is 9. The first-order chi connectivity index (χ1) is 16.3. The lowest BCUT2D eigenvalue weighted by Crippen LogP contribution is -2.30. The van der Waals surface area contributed by atoms with Gasteiger partial charge in [-0.2, -0.15) is 0 Å². The lowest BCUT2D eigenvalue weighted by atomic mass is 10.4. The highest BCUT2D eigenvalue weighted by Crippen LogP contribution is 1.97. The van der Waals surface area contributed by atoms with Crippen LogP contribution in [-0.4, -0.2) is 119 Å². The van der Waals surface area contributed by atoms with Crippen LogP contribution >= 0.6 is 0 Å². The third-order valence-electron chi connectivity index (χ3n) is 3.77. The molecule has 12 heteroatoms. The second-order valence-corrected chi connectivity index (χ2v) is 6.46. The number of nitrogens with one attached hydrogen (secondary N) is 3. The first-order valence-electron chi connectivity index (χ1n) is 11.7. The summed E-state index contributed by atoms with van der Waals surface area (Å²) < 4.78 is 49.0. The van der Waals surface area contributed by atoms with E-state index in [1.54, 1.807) is 0 Å². The van der Waals surface area contributed by atoms with Crippen molar-refractivity contribution in [2.24, 2.45) is 0 Å². The van der Waals surface area contributed by atoms with Crippen LogP contribution in [0.25, 0.3) is 0 Å². The minimum absolute atomic E-state index is 0.211. The maximum atomic E-state index is 5.84. The van der Waals surface area contributed by atoms with Crippen LogP contribution in [0, 0.1) is 0 Å². The Morgan fingerprint density at radius 1 is 0.424 bits per heavy atom. The number of hydrogen-bond acceptors (Lipinski definition) is 12. The molecule has 0 amide bonds. The van der Waals surface area contributed by atoms with E-state index in [1.807, 2.05) is 20.8 Å². The van der Waals surface area contributed by atoms with Gasteiger partial charge in [-0.1, -0.05) is 0 Å². The molecule has 12 nitrogen and oxygen atoms in total. The zero-order chi connectivity index (χ0) is 24.1. The minimum Gasteiger partial charge on any atom is -0.376 e. The highest BCUT2D eigenvalue weighted by molar-refractivity contribution is 4.56. The third kappa shape index (κ3) is 27.6. The van der Waals surface area contributed by atoms with Gasteiger partial charge >= 0.3 is 0 Å². The molecule has 0 aliphatic heterocycles. The molecule has 0 aromatic rings. The van der Waals surface area contributed by atoms with E-state index in [4.69, 9.17) is 42.6 Å². The van der Waals surface area contributed by atoms with Crippen LogP contribution < -0.4 is 16.0 Å². The van der Waals surface area contributed by atoms with Crippen molar-refractivity contribution in [3.05, 3.63) is 0 Å².